The molecule has 5 rings (SSSR count). The molecule has 168 valence electrons. The highest BCUT2D eigenvalue weighted by Crippen LogP contribution is 2.33. The molecular weight excluding hydrogens is 404 g/mol. The van der Waals surface area contributed by atoms with Gasteiger partial charge in [-0.15, -0.1) is 0 Å². The minimum Gasteiger partial charge on any atom is -0.391 e. The van der Waals surface area contributed by atoms with Gasteiger partial charge in [0.1, 0.15) is 11.5 Å². The van der Waals surface area contributed by atoms with Crippen molar-refractivity contribution in [2.24, 2.45) is 7.05 Å². The lowest BCUT2D eigenvalue weighted by atomic mass is 10.1. The van der Waals surface area contributed by atoms with Crippen molar-refractivity contribution < 1.29 is 9.90 Å². The van der Waals surface area contributed by atoms with Gasteiger partial charge in [-0.05, 0) is 56.4 Å². The summed E-state index contributed by atoms with van der Waals surface area (Å²) >= 11 is 0. The Balaban J connectivity index is 1.46. The number of hydrogen-bond donors (Lipinski definition) is 2. The van der Waals surface area contributed by atoms with Crippen molar-refractivity contribution in [3.8, 4) is 0 Å². The number of anilines is 3. The number of hydrogen-bond acceptors (Lipinski definition) is 6. The van der Waals surface area contributed by atoms with Gasteiger partial charge in [-0.2, -0.15) is 5.10 Å². The molecule has 2 aliphatic rings. The normalized spacial score (nSPS) is 19.0. The Morgan fingerprint density at radius 3 is 2.69 bits per heavy atom. The molecule has 0 saturated carbocycles. The van der Waals surface area contributed by atoms with E-state index in [4.69, 9.17) is 0 Å². The monoisotopic (exact) mass is 434 g/mol. The van der Waals surface area contributed by atoms with Crippen molar-refractivity contribution in [1.82, 2.24) is 14.8 Å². The average molecular weight is 435 g/mol. The highest BCUT2D eigenvalue weighted by molar-refractivity contribution is 6.06. The minimum absolute atomic E-state index is 0.229. The molecule has 0 radical (unpaired) electrons. The van der Waals surface area contributed by atoms with E-state index in [0.717, 1.165) is 72.6 Å². The maximum atomic E-state index is 13.3. The number of aryl methyl sites for hydroxylation is 2. The summed E-state index contributed by atoms with van der Waals surface area (Å²) in [4.78, 5) is 22.3. The average Bonchev–Trinajstić information content (AvgIpc) is 3.38. The first-order chi connectivity index (χ1) is 15.5. The summed E-state index contributed by atoms with van der Waals surface area (Å²) in [5, 5.41) is 18.6. The van der Waals surface area contributed by atoms with E-state index in [0.29, 0.717) is 12.2 Å². The Labute approximate surface area is 187 Å². The number of aromatic nitrogens is 3. The van der Waals surface area contributed by atoms with E-state index in [1.165, 1.54) is 6.42 Å². The topological polar surface area (TPSA) is 86.5 Å². The fraction of sp³-hybridized carbons (Fsp3) is 0.458. The van der Waals surface area contributed by atoms with Crippen LogP contribution in [0.1, 0.15) is 41.7 Å². The predicted molar refractivity (Wildman–Crippen MR) is 127 cm³/mol. The van der Waals surface area contributed by atoms with Gasteiger partial charge in [0.05, 0.1) is 23.0 Å². The van der Waals surface area contributed by atoms with Crippen LogP contribution < -0.4 is 15.1 Å². The highest BCUT2D eigenvalue weighted by atomic mass is 16.3. The molecule has 0 aliphatic carbocycles. The van der Waals surface area contributed by atoms with E-state index < -0.39 is 0 Å². The minimum atomic E-state index is -0.341. The van der Waals surface area contributed by atoms with Crippen molar-refractivity contribution in [3.05, 3.63) is 41.7 Å². The van der Waals surface area contributed by atoms with Crippen molar-refractivity contribution >= 4 is 34.0 Å². The lowest BCUT2D eigenvalue weighted by Gasteiger charge is -2.30. The first-order valence-electron chi connectivity index (χ1n) is 11.4. The molecule has 8 nitrogen and oxygen atoms in total. The summed E-state index contributed by atoms with van der Waals surface area (Å²) in [7, 11) is 1.91. The fourth-order valence-electron chi connectivity index (χ4n) is 4.77. The number of carbonyl (C=O) groups is 1. The fourth-order valence-corrected chi connectivity index (χ4v) is 4.77. The molecule has 4 heterocycles. The molecule has 3 aromatic rings. The van der Waals surface area contributed by atoms with Gasteiger partial charge in [-0.25, -0.2) is 4.98 Å². The van der Waals surface area contributed by atoms with Gasteiger partial charge in [-0.3, -0.25) is 9.48 Å². The molecule has 1 aromatic carbocycles. The Hall–Kier alpha value is -3.13. The number of aliphatic hydroxyl groups excluding tert-OH is 1. The molecule has 2 aromatic heterocycles. The van der Waals surface area contributed by atoms with Gasteiger partial charge >= 0.3 is 0 Å². The lowest BCUT2D eigenvalue weighted by Crippen LogP contribution is -2.30. The predicted octanol–water partition coefficient (Wildman–Crippen LogP) is 3.09. The number of amides is 1. The molecule has 2 aliphatic heterocycles. The number of carbonyl (C=O) groups excluding carboxylic acids is 1. The molecule has 1 amide bonds. The van der Waals surface area contributed by atoms with Crippen molar-refractivity contribution in [2.75, 3.05) is 41.3 Å². The Kier molecular flexibility index (Phi) is 5.46. The van der Waals surface area contributed by atoms with Crippen molar-refractivity contribution in [1.29, 1.82) is 0 Å². The maximum Gasteiger partial charge on any atom is 0.274 e. The van der Waals surface area contributed by atoms with E-state index in [2.05, 4.69) is 31.3 Å². The molecule has 0 bridgehead atoms. The van der Waals surface area contributed by atoms with Crippen LogP contribution >= 0.6 is 0 Å². The van der Waals surface area contributed by atoms with E-state index in [-0.39, 0.29) is 12.0 Å². The van der Waals surface area contributed by atoms with Crippen LogP contribution in [-0.2, 0) is 7.05 Å². The summed E-state index contributed by atoms with van der Waals surface area (Å²) in [6.45, 7) is 5.24. The number of piperidine rings is 1. The Bertz CT molecular complexity index is 1150. The number of pyridine rings is 1. The molecular formula is C24H30N6O2. The molecule has 2 fully saturated rings. The zero-order chi connectivity index (χ0) is 22.2. The summed E-state index contributed by atoms with van der Waals surface area (Å²) in [6.07, 6.45) is 5.89. The quantitative estimate of drug-likeness (QED) is 0.656. The highest BCUT2D eigenvalue weighted by Gasteiger charge is 2.24. The third-order valence-corrected chi connectivity index (χ3v) is 6.45. The van der Waals surface area contributed by atoms with Gasteiger partial charge in [0, 0.05) is 44.8 Å². The molecule has 1 atom stereocenters. The summed E-state index contributed by atoms with van der Waals surface area (Å²) in [5.74, 6) is 0.542. The lowest BCUT2D eigenvalue weighted by molar-refractivity contribution is 0.102. The second kappa shape index (κ2) is 8.43. The second-order valence-corrected chi connectivity index (χ2v) is 8.96. The molecule has 1 unspecified atom stereocenters. The largest absolute Gasteiger partial charge is 0.391 e. The molecule has 2 saturated heterocycles. The third-order valence-electron chi connectivity index (χ3n) is 6.45. The van der Waals surface area contributed by atoms with Gasteiger partial charge in [0.25, 0.3) is 5.91 Å². The van der Waals surface area contributed by atoms with E-state index in [1.807, 2.05) is 32.3 Å². The SMILES string of the molecule is Cc1ccc(C(=O)Nc2cc3cn(C)nc3cc2N2CCCCC2)nc1N1CCC(O)C1. The molecule has 2 N–H and O–H groups in total. The van der Waals surface area contributed by atoms with Crippen LogP contribution in [0.25, 0.3) is 10.9 Å². The van der Waals surface area contributed by atoms with Crippen LogP contribution in [0.15, 0.2) is 30.5 Å². The number of β-amino-alcohol motifs (C(OH)–C–C–N with tert-alkyl or cyclic N) is 1. The molecule has 32 heavy (non-hydrogen) atoms. The first-order valence-corrected chi connectivity index (χ1v) is 11.4. The Morgan fingerprint density at radius 2 is 1.94 bits per heavy atom. The summed E-state index contributed by atoms with van der Waals surface area (Å²) in [5.41, 5.74) is 4.11. The number of nitrogens with zero attached hydrogens (tertiary/aromatic N) is 5. The van der Waals surface area contributed by atoms with Crippen LogP contribution in [0.3, 0.4) is 0 Å². The van der Waals surface area contributed by atoms with Gasteiger partial charge in [-0.1, -0.05) is 6.07 Å². The van der Waals surface area contributed by atoms with Gasteiger partial charge in [0.15, 0.2) is 0 Å². The van der Waals surface area contributed by atoms with Crippen molar-refractivity contribution in [2.45, 2.75) is 38.7 Å². The number of aliphatic hydroxyl groups is 1. The smallest absolute Gasteiger partial charge is 0.274 e. The van der Waals surface area contributed by atoms with Gasteiger partial charge in [0.2, 0.25) is 0 Å². The van der Waals surface area contributed by atoms with Crippen LogP contribution in [0, 0.1) is 6.92 Å². The van der Waals surface area contributed by atoms with Crippen LogP contribution in [-0.4, -0.2) is 58.1 Å². The van der Waals surface area contributed by atoms with E-state index in [1.54, 1.807) is 10.7 Å². The van der Waals surface area contributed by atoms with Crippen molar-refractivity contribution in [3.63, 3.8) is 0 Å². The number of rotatable bonds is 4. The van der Waals surface area contributed by atoms with Crippen LogP contribution in [0.2, 0.25) is 0 Å². The van der Waals surface area contributed by atoms with Crippen LogP contribution in [0.5, 0.6) is 0 Å². The summed E-state index contributed by atoms with van der Waals surface area (Å²) in [6, 6.07) is 7.79. The zero-order valence-electron chi connectivity index (χ0n) is 18.7. The molecule has 0 spiro atoms. The third kappa shape index (κ3) is 4.02. The van der Waals surface area contributed by atoms with Crippen LogP contribution in [0.4, 0.5) is 17.2 Å². The number of nitrogens with one attached hydrogen (secondary N) is 1. The first kappa shape index (κ1) is 20.8. The number of benzene rings is 1. The maximum absolute atomic E-state index is 13.3. The Morgan fingerprint density at radius 1 is 1.12 bits per heavy atom. The van der Waals surface area contributed by atoms with E-state index >= 15 is 0 Å². The summed E-state index contributed by atoms with van der Waals surface area (Å²) < 4.78 is 1.80. The second-order valence-electron chi connectivity index (χ2n) is 8.96. The number of fused-ring (bicyclic) bond motifs is 1. The van der Waals surface area contributed by atoms with E-state index in [9.17, 15) is 9.90 Å². The standard InChI is InChI=1S/C24H30N6O2/c1-16-6-7-19(25-23(16)30-11-8-18(31)15-30)24(32)26-21-12-17-14-28(2)27-20(17)13-22(21)29-9-4-3-5-10-29/h6-7,12-14,18,31H,3-5,8-11,15H2,1-2H3,(H,26,32). The molecule has 8 heteroatoms. The zero-order valence-corrected chi connectivity index (χ0v) is 18.7. The van der Waals surface area contributed by atoms with Gasteiger partial charge < -0.3 is 20.2 Å².